The van der Waals surface area contributed by atoms with Gasteiger partial charge in [0.05, 0.1) is 0 Å². The molecule has 1 aliphatic heterocycles. The Balaban J connectivity index is 0.000000615. The molecule has 0 fully saturated rings. The van der Waals surface area contributed by atoms with Crippen molar-refractivity contribution in [3.8, 4) is 0 Å². The molecule has 3 rings (SSSR count). The highest BCUT2D eigenvalue weighted by atomic mass is 14.9. The molecule has 0 unspecified atom stereocenters. The Bertz CT molecular complexity index is 708. The summed E-state index contributed by atoms with van der Waals surface area (Å²) >= 11 is 0. The summed E-state index contributed by atoms with van der Waals surface area (Å²) in [5.41, 5.74) is 9.31. The predicted molar refractivity (Wildman–Crippen MR) is 107 cm³/mol. The quantitative estimate of drug-likeness (QED) is 0.504. The molecular weight excluding hydrogens is 278 g/mol. The number of hydrogen-bond donors (Lipinski definition) is 1. The van der Waals surface area contributed by atoms with E-state index in [0.717, 1.165) is 16.9 Å². The molecule has 2 aromatic rings. The molecule has 1 heteroatoms. The first-order valence-corrected chi connectivity index (χ1v) is 8.45. The van der Waals surface area contributed by atoms with Crippen LogP contribution in [0.3, 0.4) is 0 Å². The first-order valence-electron chi connectivity index (χ1n) is 8.45. The zero-order chi connectivity index (χ0) is 17.6. The minimum Gasteiger partial charge on any atom is -0.354 e. The third-order valence-corrected chi connectivity index (χ3v) is 3.74. The molecule has 2 aromatic carbocycles. The molecule has 0 atom stereocenters. The lowest BCUT2D eigenvalue weighted by Crippen LogP contribution is -2.08. The van der Waals surface area contributed by atoms with Crippen molar-refractivity contribution in [1.82, 2.24) is 0 Å². The Kier molecular flexibility index (Phi) is 6.84. The number of aryl methyl sites for hydroxylation is 2. The van der Waals surface area contributed by atoms with Crippen molar-refractivity contribution in [2.24, 2.45) is 0 Å². The molecule has 0 aliphatic carbocycles. The minimum atomic E-state index is 1.07. The van der Waals surface area contributed by atoms with Crippen LogP contribution in [0.25, 0.3) is 11.6 Å². The van der Waals surface area contributed by atoms with Crippen LogP contribution >= 0.6 is 0 Å². The van der Waals surface area contributed by atoms with Crippen LogP contribution in [0, 0.1) is 13.8 Å². The van der Waals surface area contributed by atoms with E-state index in [1.165, 1.54) is 27.8 Å². The maximum Gasteiger partial charge on any atom is 0.0470 e. The molecular formula is C22H29N. The van der Waals surface area contributed by atoms with Crippen LogP contribution in [0.4, 0.5) is 11.4 Å². The van der Waals surface area contributed by atoms with Gasteiger partial charge in [-0.2, -0.15) is 0 Å². The average molecular weight is 307 g/mol. The summed E-state index contributed by atoms with van der Waals surface area (Å²) in [4.78, 5) is 0. The SMILES string of the molecule is C=Cc1c(C)ccc2c1C(=C)c1ccc(C)cc1N2.CC.CC. The van der Waals surface area contributed by atoms with Gasteiger partial charge in [-0.1, -0.05) is 65.1 Å². The number of hydrogen-bond acceptors (Lipinski definition) is 1. The van der Waals surface area contributed by atoms with Crippen molar-refractivity contribution in [3.05, 3.63) is 71.3 Å². The van der Waals surface area contributed by atoms with Crippen LogP contribution in [0.1, 0.15) is 55.5 Å². The Morgan fingerprint density at radius 3 is 2.17 bits per heavy atom. The molecule has 0 aromatic heterocycles. The second-order valence-corrected chi connectivity index (χ2v) is 5.08. The summed E-state index contributed by atoms with van der Waals surface area (Å²) in [7, 11) is 0. The van der Waals surface area contributed by atoms with Gasteiger partial charge >= 0.3 is 0 Å². The average Bonchev–Trinajstić information content (AvgIpc) is 2.59. The van der Waals surface area contributed by atoms with Crippen LogP contribution in [-0.2, 0) is 0 Å². The zero-order valence-corrected chi connectivity index (χ0v) is 15.4. The normalized spacial score (nSPS) is 10.8. The van der Waals surface area contributed by atoms with Gasteiger partial charge in [0.25, 0.3) is 0 Å². The predicted octanol–water partition coefficient (Wildman–Crippen LogP) is 7.12. The van der Waals surface area contributed by atoms with E-state index >= 15 is 0 Å². The molecule has 23 heavy (non-hydrogen) atoms. The van der Waals surface area contributed by atoms with Crippen molar-refractivity contribution in [2.75, 3.05) is 5.32 Å². The van der Waals surface area contributed by atoms with E-state index in [4.69, 9.17) is 0 Å². The molecule has 122 valence electrons. The summed E-state index contributed by atoms with van der Waals surface area (Å²) in [6.45, 7) is 20.4. The standard InChI is InChI=1S/C18H17N.2C2H6/c1-5-14-12(3)7-9-16-18(14)13(4)15-8-6-11(2)10-17(15)19-16;2*1-2/h5-10,19H,1,4H2,2-3H3;2*1-2H3. The van der Waals surface area contributed by atoms with Crippen molar-refractivity contribution in [1.29, 1.82) is 0 Å². The van der Waals surface area contributed by atoms with Gasteiger partial charge in [0.2, 0.25) is 0 Å². The van der Waals surface area contributed by atoms with Gasteiger partial charge in [0, 0.05) is 22.5 Å². The molecule has 1 heterocycles. The number of anilines is 2. The lowest BCUT2D eigenvalue weighted by atomic mass is 9.87. The summed E-state index contributed by atoms with van der Waals surface area (Å²) in [6.07, 6.45) is 1.92. The number of benzene rings is 2. The maximum atomic E-state index is 4.29. The van der Waals surface area contributed by atoms with Crippen LogP contribution in [0.15, 0.2) is 43.5 Å². The third kappa shape index (κ3) is 3.56. The van der Waals surface area contributed by atoms with E-state index < -0.39 is 0 Å². The number of fused-ring (bicyclic) bond motifs is 2. The topological polar surface area (TPSA) is 12.0 Å². The van der Waals surface area contributed by atoms with Crippen molar-refractivity contribution in [3.63, 3.8) is 0 Å². The molecule has 0 radical (unpaired) electrons. The highest BCUT2D eigenvalue weighted by Crippen LogP contribution is 2.42. The van der Waals surface area contributed by atoms with Gasteiger partial charge in [0.1, 0.15) is 0 Å². The molecule has 1 aliphatic rings. The van der Waals surface area contributed by atoms with E-state index in [2.05, 4.69) is 62.7 Å². The Hall–Kier alpha value is -2.28. The maximum absolute atomic E-state index is 4.29. The van der Waals surface area contributed by atoms with Gasteiger partial charge in [-0.25, -0.2) is 0 Å². The van der Waals surface area contributed by atoms with Gasteiger partial charge < -0.3 is 5.32 Å². The fourth-order valence-electron chi connectivity index (χ4n) is 2.72. The van der Waals surface area contributed by atoms with Gasteiger partial charge in [-0.15, -0.1) is 0 Å². The second kappa shape index (κ2) is 8.38. The smallest absolute Gasteiger partial charge is 0.0470 e. The van der Waals surface area contributed by atoms with Crippen LogP contribution in [-0.4, -0.2) is 0 Å². The molecule has 0 spiro atoms. The van der Waals surface area contributed by atoms with Crippen molar-refractivity contribution < 1.29 is 0 Å². The van der Waals surface area contributed by atoms with E-state index in [1.54, 1.807) is 0 Å². The number of rotatable bonds is 1. The third-order valence-electron chi connectivity index (χ3n) is 3.74. The molecule has 0 bridgehead atoms. The molecule has 0 saturated carbocycles. The molecule has 0 saturated heterocycles. The summed E-state index contributed by atoms with van der Waals surface area (Å²) in [5.74, 6) is 0. The minimum absolute atomic E-state index is 1.07. The van der Waals surface area contributed by atoms with Crippen LogP contribution in [0.2, 0.25) is 0 Å². The summed E-state index contributed by atoms with van der Waals surface area (Å²) in [5, 5.41) is 3.51. The molecule has 0 amide bonds. The fraction of sp³-hybridized carbons (Fsp3) is 0.273. The van der Waals surface area contributed by atoms with Crippen molar-refractivity contribution >= 4 is 23.0 Å². The summed E-state index contributed by atoms with van der Waals surface area (Å²) in [6, 6.07) is 10.7. The molecule has 1 N–H and O–H groups in total. The van der Waals surface area contributed by atoms with E-state index in [-0.39, 0.29) is 0 Å². The largest absolute Gasteiger partial charge is 0.354 e. The van der Waals surface area contributed by atoms with Crippen LogP contribution in [0.5, 0.6) is 0 Å². The fourth-order valence-corrected chi connectivity index (χ4v) is 2.72. The van der Waals surface area contributed by atoms with Crippen molar-refractivity contribution in [2.45, 2.75) is 41.5 Å². The Labute approximate surface area is 141 Å². The monoisotopic (exact) mass is 307 g/mol. The van der Waals surface area contributed by atoms with E-state index in [0.29, 0.717) is 0 Å². The summed E-state index contributed by atoms with van der Waals surface area (Å²) < 4.78 is 0. The Morgan fingerprint density at radius 1 is 0.913 bits per heavy atom. The second-order valence-electron chi connectivity index (χ2n) is 5.08. The lowest BCUT2D eigenvalue weighted by Gasteiger charge is -2.26. The first-order chi connectivity index (χ1) is 11.1. The Morgan fingerprint density at radius 2 is 1.57 bits per heavy atom. The van der Waals surface area contributed by atoms with E-state index in [9.17, 15) is 0 Å². The van der Waals surface area contributed by atoms with Gasteiger partial charge in [0.15, 0.2) is 0 Å². The van der Waals surface area contributed by atoms with Crippen LogP contribution < -0.4 is 5.32 Å². The zero-order valence-electron chi connectivity index (χ0n) is 15.4. The number of nitrogens with one attached hydrogen (secondary N) is 1. The highest BCUT2D eigenvalue weighted by Gasteiger charge is 2.21. The lowest BCUT2D eigenvalue weighted by molar-refractivity contribution is 1.35. The van der Waals surface area contributed by atoms with Gasteiger partial charge in [-0.05, 0) is 48.2 Å². The van der Waals surface area contributed by atoms with Gasteiger partial charge in [-0.3, -0.25) is 0 Å². The first kappa shape index (κ1) is 18.8. The highest BCUT2D eigenvalue weighted by molar-refractivity contribution is 5.99. The van der Waals surface area contributed by atoms with E-state index in [1.807, 2.05) is 33.8 Å². The molecule has 1 nitrogen and oxygen atoms in total.